The molecule has 0 spiro atoms. The number of benzene rings is 2. The van der Waals surface area contributed by atoms with E-state index in [1.165, 1.54) is 6.08 Å². The smallest absolute Gasteiger partial charge is 0.408 e. The molecule has 0 aliphatic heterocycles. The van der Waals surface area contributed by atoms with E-state index in [2.05, 4.69) is 11.9 Å². The quantitative estimate of drug-likeness (QED) is 0.675. The fourth-order valence-corrected chi connectivity index (χ4v) is 2.22. The Balaban J connectivity index is 1.90. The van der Waals surface area contributed by atoms with Crippen LogP contribution in [0.2, 0.25) is 0 Å². The zero-order valence-corrected chi connectivity index (χ0v) is 14.3. The molecule has 6 heteroatoms. The second-order valence-electron chi connectivity index (χ2n) is 5.54. The molecule has 0 aliphatic carbocycles. The highest BCUT2D eigenvalue weighted by Gasteiger charge is 2.21. The van der Waals surface area contributed by atoms with Gasteiger partial charge in [-0.15, -0.1) is 0 Å². The highest BCUT2D eigenvalue weighted by atomic mass is 16.5. The molecule has 2 aromatic rings. The van der Waals surface area contributed by atoms with Crippen molar-refractivity contribution in [3.63, 3.8) is 0 Å². The van der Waals surface area contributed by atoms with E-state index in [4.69, 9.17) is 9.47 Å². The van der Waals surface area contributed by atoms with Crippen molar-refractivity contribution >= 4 is 12.1 Å². The summed E-state index contributed by atoms with van der Waals surface area (Å²) in [6.07, 6.45) is 0.751. The molecule has 0 fully saturated rings. The monoisotopic (exact) mass is 355 g/mol. The van der Waals surface area contributed by atoms with Crippen LogP contribution in [0, 0.1) is 0 Å². The summed E-state index contributed by atoms with van der Waals surface area (Å²) in [4.78, 5) is 22.8. The van der Waals surface area contributed by atoms with Gasteiger partial charge in [-0.3, -0.25) is 0 Å². The van der Waals surface area contributed by atoms with Crippen molar-refractivity contribution in [3.05, 3.63) is 78.4 Å². The van der Waals surface area contributed by atoms with Crippen molar-refractivity contribution in [2.45, 2.75) is 19.1 Å². The number of hydrogen-bond acceptors (Lipinski definition) is 4. The Kier molecular flexibility index (Phi) is 7.24. The van der Waals surface area contributed by atoms with Crippen molar-refractivity contribution in [1.29, 1.82) is 0 Å². The van der Waals surface area contributed by atoms with Crippen LogP contribution in [0.3, 0.4) is 0 Å². The van der Waals surface area contributed by atoms with Gasteiger partial charge in [-0.1, -0.05) is 55.1 Å². The SMILES string of the molecule is C=CCOC(=O)NC(Cc1ccc(OCc2ccccc2)cc1)C(=O)O. The molecular weight excluding hydrogens is 334 g/mol. The second kappa shape index (κ2) is 9.88. The Bertz CT molecular complexity index is 728. The molecule has 0 saturated carbocycles. The van der Waals surface area contributed by atoms with Crippen molar-refractivity contribution in [2.75, 3.05) is 6.61 Å². The molecule has 1 amide bonds. The van der Waals surface area contributed by atoms with Crippen LogP contribution in [-0.4, -0.2) is 29.8 Å². The fraction of sp³-hybridized carbons (Fsp3) is 0.200. The average molecular weight is 355 g/mol. The number of rotatable bonds is 9. The second-order valence-corrected chi connectivity index (χ2v) is 5.54. The molecule has 136 valence electrons. The van der Waals surface area contributed by atoms with Gasteiger partial charge in [0.25, 0.3) is 0 Å². The minimum Gasteiger partial charge on any atom is -0.489 e. The lowest BCUT2D eigenvalue weighted by Gasteiger charge is -2.14. The first kappa shape index (κ1) is 19.1. The normalized spacial score (nSPS) is 11.2. The van der Waals surface area contributed by atoms with Crippen LogP contribution in [0.5, 0.6) is 5.75 Å². The Morgan fingerprint density at radius 1 is 1.08 bits per heavy atom. The maximum absolute atomic E-state index is 11.5. The Hall–Kier alpha value is -3.28. The predicted octanol–water partition coefficient (Wildman–Crippen LogP) is 3.17. The summed E-state index contributed by atoms with van der Waals surface area (Å²) in [7, 11) is 0. The summed E-state index contributed by atoms with van der Waals surface area (Å²) in [6.45, 7) is 3.90. The van der Waals surface area contributed by atoms with Crippen LogP contribution in [0.1, 0.15) is 11.1 Å². The van der Waals surface area contributed by atoms with Crippen LogP contribution < -0.4 is 10.1 Å². The molecule has 26 heavy (non-hydrogen) atoms. The summed E-state index contributed by atoms with van der Waals surface area (Å²) in [5.41, 5.74) is 1.82. The first-order chi connectivity index (χ1) is 12.6. The summed E-state index contributed by atoms with van der Waals surface area (Å²) < 4.78 is 10.4. The topological polar surface area (TPSA) is 84.9 Å². The van der Waals surface area contributed by atoms with Crippen LogP contribution in [-0.2, 0) is 22.6 Å². The third-order valence-corrected chi connectivity index (χ3v) is 3.53. The largest absolute Gasteiger partial charge is 0.489 e. The minimum atomic E-state index is -1.13. The molecule has 0 heterocycles. The summed E-state index contributed by atoms with van der Waals surface area (Å²) in [6, 6.07) is 15.8. The van der Waals surface area contributed by atoms with E-state index in [1.807, 2.05) is 30.3 Å². The molecule has 6 nitrogen and oxygen atoms in total. The lowest BCUT2D eigenvalue weighted by atomic mass is 10.1. The summed E-state index contributed by atoms with van der Waals surface area (Å²) in [5, 5.41) is 11.6. The van der Waals surface area contributed by atoms with Crippen LogP contribution in [0.15, 0.2) is 67.3 Å². The van der Waals surface area contributed by atoms with Crippen molar-refractivity contribution in [1.82, 2.24) is 5.32 Å². The zero-order chi connectivity index (χ0) is 18.8. The first-order valence-electron chi connectivity index (χ1n) is 8.11. The number of ether oxygens (including phenoxy) is 2. The number of carbonyl (C=O) groups excluding carboxylic acids is 1. The van der Waals surface area contributed by atoms with Gasteiger partial charge in [0.2, 0.25) is 0 Å². The molecular formula is C20H21NO5. The highest BCUT2D eigenvalue weighted by Crippen LogP contribution is 2.15. The number of carbonyl (C=O) groups is 2. The Morgan fingerprint density at radius 3 is 2.38 bits per heavy atom. The molecule has 0 radical (unpaired) electrons. The predicted molar refractivity (Wildman–Crippen MR) is 97.0 cm³/mol. The van der Waals surface area contributed by atoms with E-state index in [9.17, 15) is 14.7 Å². The summed E-state index contributed by atoms with van der Waals surface area (Å²) in [5.74, 6) is -0.451. The number of amides is 1. The fourth-order valence-electron chi connectivity index (χ4n) is 2.22. The standard InChI is InChI=1S/C20H21NO5/c1-2-12-25-20(24)21-18(19(22)23)13-15-8-10-17(11-9-15)26-14-16-6-4-3-5-7-16/h2-11,18H,1,12-14H2,(H,21,24)(H,22,23). The van der Waals surface area contributed by atoms with Crippen LogP contribution >= 0.6 is 0 Å². The van der Waals surface area contributed by atoms with Gasteiger partial charge in [-0.2, -0.15) is 0 Å². The van der Waals surface area contributed by atoms with Crippen LogP contribution in [0.25, 0.3) is 0 Å². The van der Waals surface area contributed by atoms with E-state index >= 15 is 0 Å². The van der Waals surface area contributed by atoms with Gasteiger partial charge in [0.1, 0.15) is 25.0 Å². The lowest BCUT2D eigenvalue weighted by Crippen LogP contribution is -2.42. The van der Waals surface area contributed by atoms with Gasteiger partial charge in [0, 0.05) is 6.42 Å². The molecule has 2 rings (SSSR count). The summed E-state index contributed by atoms with van der Waals surface area (Å²) >= 11 is 0. The highest BCUT2D eigenvalue weighted by molar-refractivity contribution is 5.80. The van der Waals surface area contributed by atoms with Gasteiger partial charge < -0.3 is 19.9 Å². The van der Waals surface area contributed by atoms with Gasteiger partial charge in [0.15, 0.2) is 0 Å². The number of hydrogen-bond donors (Lipinski definition) is 2. The zero-order valence-electron chi connectivity index (χ0n) is 14.3. The van der Waals surface area contributed by atoms with Gasteiger partial charge in [0.05, 0.1) is 0 Å². The molecule has 1 atom stereocenters. The van der Waals surface area contributed by atoms with Gasteiger partial charge in [-0.05, 0) is 23.3 Å². The number of carboxylic acid groups (broad SMARTS) is 1. The Morgan fingerprint density at radius 2 is 1.77 bits per heavy atom. The third kappa shape index (κ3) is 6.32. The molecule has 0 bridgehead atoms. The molecule has 0 saturated heterocycles. The first-order valence-corrected chi connectivity index (χ1v) is 8.11. The van der Waals surface area contributed by atoms with Crippen LogP contribution in [0.4, 0.5) is 4.79 Å². The van der Waals surface area contributed by atoms with E-state index in [-0.39, 0.29) is 13.0 Å². The third-order valence-electron chi connectivity index (χ3n) is 3.53. The number of alkyl carbamates (subject to hydrolysis) is 1. The van der Waals surface area contributed by atoms with Crippen molar-refractivity contribution in [3.8, 4) is 5.75 Å². The number of aliphatic carboxylic acids is 1. The number of carboxylic acids is 1. The van der Waals surface area contributed by atoms with Gasteiger partial charge >= 0.3 is 12.1 Å². The van der Waals surface area contributed by atoms with Crippen molar-refractivity contribution < 1.29 is 24.2 Å². The number of nitrogens with one attached hydrogen (secondary N) is 1. The van der Waals surface area contributed by atoms with E-state index in [1.54, 1.807) is 24.3 Å². The lowest BCUT2D eigenvalue weighted by molar-refractivity contribution is -0.139. The molecule has 2 N–H and O–H groups in total. The molecule has 0 aliphatic rings. The van der Waals surface area contributed by atoms with E-state index < -0.39 is 18.1 Å². The average Bonchev–Trinajstić information content (AvgIpc) is 2.66. The molecule has 0 aromatic heterocycles. The van der Waals surface area contributed by atoms with E-state index in [0.29, 0.717) is 12.4 Å². The maximum Gasteiger partial charge on any atom is 0.408 e. The van der Waals surface area contributed by atoms with Gasteiger partial charge in [-0.25, -0.2) is 9.59 Å². The van der Waals surface area contributed by atoms with E-state index in [0.717, 1.165) is 11.1 Å². The Labute approximate surface area is 152 Å². The van der Waals surface area contributed by atoms with Crippen molar-refractivity contribution in [2.24, 2.45) is 0 Å². The molecule has 1 unspecified atom stereocenters. The molecule has 2 aromatic carbocycles. The minimum absolute atomic E-state index is 0.0195. The maximum atomic E-state index is 11.5.